The lowest BCUT2D eigenvalue weighted by Crippen LogP contribution is -1.86. The molecule has 0 unspecified atom stereocenters. The van der Waals surface area contributed by atoms with Crippen molar-refractivity contribution in [1.29, 1.82) is 0 Å². The minimum absolute atomic E-state index is 0.274. The molecule has 0 atom stereocenters. The van der Waals surface area contributed by atoms with E-state index < -0.39 is 0 Å². The second-order valence-corrected chi connectivity index (χ2v) is 4.51. The standard InChI is InChI=1S/C13H9Cl2F/c1-8-2-3-13(16)12(4-8)9-5-10(14)7-11(15)6-9/h2-7H,1H3. The van der Waals surface area contributed by atoms with Gasteiger partial charge < -0.3 is 0 Å². The third kappa shape index (κ3) is 2.37. The predicted octanol–water partition coefficient (Wildman–Crippen LogP) is 5.11. The fraction of sp³-hybridized carbons (Fsp3) is 0.0769. The maximum atomic E-state index is 13.6. The molecule has 0 saturated heterocycles. The Kier molecular flexibility index (Phi) is 3.17. The summed E-state index contributed by atoms with van der Waals surface area (Å²) in [5.74, 6) is -0.274. The number of benzene rings is 2. The molecule has 0 aliphatic rings. The van der Waals surface area contributed by atoms with E-state index in [1.165, 1.54) is 6.07 Å². The summed E-state index contributed by atoms with van der Waals surface area (Å²) < 4.78 is 13.6. The van der Waals surface area contributed by atoms with Crippen molar-refractivity contribution in [2.24, 2.45) is 0 Å². The average molecular weight is 255 g/mol. The lowest BCUT2D eigenvalue weighted by Gasteiger charge is -2.06. The van der Waals surface area contributed by atoms with Gasteiger partial charge in [-0.1, -0.05) is 34.8 Å². The van der Waals surface area contributed by atoms with E-state index in [0.717, 1.165) is 5.56 Å². The van der Waals surface area contributed by atoms with Crippen LogP contribution in [0, 0.1) is 12.7 Å². The van der Waals surface area contributed by atoms with Crippen LogP contribution in [-0.2, 0) is 0 Å². The molecule has 0 spiro atoms. The van der Waals surface area contributed by atoms with Gasteiger partial charge in [0.1, 0.15) is 5.82 Å². The van der Waals surface area contributed by atoms with Gasteiger partial charge in [0, 0.05) is 15.6 Å². The number of halogens is 3. The van der Waals surface area contributed by atoms with Gasteiger partial charge in [-0.05, 0) is 42.8 Å². The molecule has 0 radical (unpaired) electrons. The van der Waals surface area contributed by atoms with Crippen molar-refractivity contribution in [3.63, 3.8) is 0 Å². The van der Waals surface area contributed by atoms with Crippen molar-refractivity contribution in [3.05, 3.63) is 57.8 Å². The van der Waals surface area contributed by atoms with E-state index >= 15 is 0 Å². The van der Waals surface area contributed by atoms with E-state index in [1.807, 2.05) is 6.92 Å². The van der Waals surface area contributed by atoms with Crippen LogP contribution in [0.3, 0.4) is 0 Å². The molecule has 2 aromatic rings. The van der Waals surface area contributed by atoms with Crippen LogP contribution >= 0.6 is 23.2 Å². The van der Waals surface area contributed by atoms with Crippen molar-refractivity contribution >= 4 is 23.2 Å². The lowest BCUT2D eigenvalue weighted by molar-refractivity contribution is 0.631. The Labute approximate surface area is 104 Å². The van der Waals surface area contributed by atoms with Gasteiger partial charge in [0.15, 0.2) is 0 Å². The first-order valence-corrected chi connectivity index (χ1v) is 5.54. The quantitative estimate of drug-likeness (QED) is 0.664. The van der Waals surface area contributed by atoms with E-state index in [2.05, 4.69) is 0 Å². The molecule has 82 valence electrons. The van der Waals surface area contributed by atoms with Crippen molar-refractivity contribution in [2.75, 3.05) is 0 Å². The van der Waals surface area contributed by atoms with Gasteiger partial charge in [0.05, 0.1) is 0 Å². The van der Waals surface area contributed by atoms with Crippen LogP contribution in [0.1, 0.15) is 5.56 Å². The highest BCUT2D eigenvalue weighted by Gasteiger charge is 2.07. The topological polar surface area (TPSA) is 0 Å². The second kappa shape index (κ2) is 4.44. The third-order valence-electron chi connectivity index (χ3n) is 2.30. The van der Waals surface area contributed by atoms with Crippen molar-refractivity contribution in [2.45, 2.75) is 6.92 Å². The largest absolute Gasteiger partial charge is 0.206 e. The molecule has 0 heterocycles. The first-order chi connectivity index (χ1) is 7.56. The van der Waals surface area contributed by atoms with E-state index in [1.54, 1.807) is 30.3 Å². The highest BCUT2D eigenvalue weighted by Crippen LogP contribution is 2.29. The van der Waals surface area contributed by atoms with Crippen LogP contribution in [0.25, 0.3) is 11.1 Å². The highest BCUT2D eigenvalue weighted by atomic mass is 35.5. The molecule has 2 rings (SSSR count). The Balaban J connectivity index is 2.62. The maximum absolute atomic E-state index is 13.6. The van der Waals surface area contributed by atoms with Gasteiger partial charge in [-0.15, -0.1) is 0 Å². The predicted molar refractivity (Wildman–Crippen MR) is 66.6 cm³/mol. The van der Waals surface area contributed by atoms with Crippen LogP contribution < -0.4 is 0 Å². The average Bonchev–Trinajstić information content (AvgIpc) is 2.20. The normalized spacial score (nSPS) is 10.5. The first-order valence-electron chi connectivity index (χ1n) is 4.79. The summed E-state index contributed by atoms with van der Waals surface area (Å²) in [5.41, 5.74) is 2.20. The summed E-state index contributed by atoms with van der Waals surface area (Å²) in [5, 5.41) is 1.01. The van der Waals surface area contributed by atoms with Crippen LogP contribution in [0.4, 0.5) is 4.39 Å². The van der Waals surface area contributed by atoms with Gasteiger partial charge in [-0.3, -0.25) is 0 Å². The fourth-order valence-electron chi connectivity index (χ4n) is 1.57. The first kappa shape index (κ1) is 11.4. The van der Waals surface area contributed by atoms with E-state index in [0.29, 0.717) is 21.2 Å². The van der Waals surface area contributed by atoms with Gasteiger partial charge in [-0.25, -0.2) is 4.39 Å². The second-order valence-electron chi connectivity index (χ2n) is 3.64. The zero-order chi connectivity index (χ0) is 11.7. The fourth-order valence-corrected chi connectivity index (χ4v) is 2.10. The smallest absolute Gasteiger partial charge is 0.131 e. The number of rotatable bonds is 1. The van der Waals surface area contributed by atoms with Crippen molar-refractivity contribution in [3.8, 4) is 11.1 Å². The Bertz CT molecular complexity index is 515. The summed E-state index contributed by atoms with van der Waals surface area (Å²) in [7, 11) is 0. The number of aryl methyl sites for hydroxylation is 1. The summed E-state index contributed by atoms with van der Waals surface area (Å²) in [4.78, 5) is 0. The Morgan fingerprint density at radius 3 is 2.19 bits per heavy atom. The highest BCUT2D eigenvalue weighted by molar-refractivity contribution is 6.35. The van der Waals surface area contributed by atoms with Gasteiger partial charge in [0.25, 0.3) is 0 Å². The van der Waals surface area contributed by atoms with E-state index in [-0.39, 0.29) is 5.82 Å². The molecule has 0 saturated carbocycles. The molecule has 0 fully saturated rings. The zero-order valence-electron chi connectivity index (χ0n) is 8.60. The summed E-state index contributed by atoms with van der Waals surface area (Å²) >= 11 is 11.8. The van der Waals surface area contributed by atoms with Crippen LogP contribution in [0.2, 0.25) is 10.0 Å². The molecule has 0 aliphatic carbocycles. The Morgan fingerprint density at radius 1 is 0.938 bits per heavy atom. The molecule has 0 aromatic heterocycles. The summed E-state index contributed by atoms with van der Waals surface area (Å²) in [6, 6.07) is 9.97. The molecular formula is C13H9Cl2F. The van der Waals surface area contributed by atoms with E-state index in [9.17, 15) is 4.39 Å². The lowest BCUT2D eigenvalue weighted by atomic mass is 10.0. The number of hydrogen-bond donors (Lipinski definition) is 0. The minimum Gasteiger partial charge on any atom is -0.206 e. The number of hydrogen-bond acceptors (Lipinski definition) is 0. The zero-order valence-corrected chi connectivity index (χ0v) is 10.1. The minimum atomic E-state index is -0.274. The molecule has 3 heteroatoms. The van der Waals surface area contributed by atoms with Gasteiger partial charge in [-0.2, -0.15) is 0 Å². The third-order valence-corrected chi connectivity index (χ3v) is 2.73. The monoisotopic (exact) mass is 254 g/mol. The summed E-state index contributed by atoms with van der Waals surface area (Å²) in [6.07, 6.45) is 0. The van der Waals surface area contributed by atoms with Crippen LogP contribution in [-0.4, -0.2) is 0 Å². The SMILES string of the molecule is Cc1ccc(F)c(-c2cc(Cl)cc(Cl)c2)c1. The van der Waals surface area contributed by atoms with Gasteiger partial charge >= 0.3 is 0 Å². The molecule has 0 aliphatic heterocycles. The van der Waals surface area contributed by atoms with Crippen molar-refractivity contribution in [1.82, 2.24) is 0 Å². The van der Waals surface area contributed by atoms with E-state index in [4.69, 9.17) is 23.2 Å². The molecule has 0 amide bonds. The molecule has 2 aromatic carbocycles. The maximum Gasteiger partial charge on any atom is 0.131 e. The van der Waals surface area contributed by atoms with Gasteiger partial charge in [0.2, 0.25) is 0 Å². The van der Waals surface area contributed by atoms with Crippen LogP contribution in [0.15, 0.2) is 36.4 Å². The molecular weight excluding hydrogens is 246 g/mol. The van der Waals surface area contributed by atoms with Crippen molar-refractivity contribution < 1.29 is 4.39 Å². The molecule has 0 N–H and O–H groups in total. The molecule has 0 nitrogen and oxygen atoms in total. The summed E-state index contributed by atoms with van der Waals surface area (Å²) in [6.45, 7) is 1.91. The Hall–Kier alpha value is -1.05. The molecule has 16 heavy (non-hydrogen) atoms. The van der Waals surface area contributed by atoms with Crippen LogP contribution in [0.5, 0.6) is 0 Å². The Morgan fingerprint density at radius 2 is 1.56 bits per heavy atom. The molecule has 0 bridgehead atoms.